The van der Waals surface area contributed by atoms with E-state index in [1.54, 1.807) is 18.2 Å². The highest BCUT2D eigenvalue weighted by molar-refractivity contribution is 5.95. The van der Waals surface area contributed by atoms with Crippen LogP contribution < -0.4 is 0 Å². The third-order valence-electron chi connectivity index (χ3n) is 4.32. The molecule has 0 radical (unpaired) electrons. The molecule has 2 atom stereocenters. The average Bonchev–Trinajstić information content (AvgIpc) is 2.59. The third-order valence-corrected chi connectivity index (χ3v) is 4.32. The minimum Gasteiger partial charge on any atom is -0.381 e. The van der Waals surface area contributed by atoms with Gasteiger partial charge in [-0.2, -0.15) is 0 Å². The van der Waals surface area contributed by atoms with Crippen LogP contribution in [0.5, 0.6) is 0 Å². The Hall–Kier alpha value is -2.73. The molecule has 124 valence electrons. The fraction of sp³-hybridized carbons (Fsp3) is 0.533. The summed E-state index contributed by atoms with van der Waals surface area (Å²) in [6.07, 6.45) is 1.10. The first-order valence-electron chi connectivity index (χ1n) is 7.76. The van der Waals surface area contributed by atoms with Gasteiger partial charge in [0.2, 0.25) is 0 Å². The van der Waals surface area contributed by atoms with Gasteiger partial charge in [0.05, 0.1) is 19.8 Å². The number of carbonyl (C=O) groups excluding carboxylic acids is 1. The Morgan fingerprint density at radius 2 is 1.96 bits per heavy atom. The molecule has 9 nitrogen and oxygen atoms in total. The zero-order valence-electron chi connectivity index (χ0n) is 13.1. The van der Waals surface area contributed by atoms with Gasteiger partial charge in [-0.3, -0.25) is 4.79 Å². The maximum Gasteiger partial charge on any atom is 0.253 e. The number of rotatable bonds is 4. The molecule has 0 spiro atoms. The van der Waals surface area contributed by atoms with Gasteiger partial charge in [-0.15, -0.1) is 0 Å². The number of amides is 1. The van der Waals surface area contributed by atoms with Crippen LogP contribution in [0.2, 0.25) is 0 Å². The lowest BCUT2D eigenvalue weighted by Crippen LogP contribution is -2.49. The largest absolute Gasteiger partial charge is 0.381 e. The molecule has 1 aromatic carbocycles. The Morgan fingerprint density at radius 1 is 1.21 bits per heavy atom. The summed E-state index contributed by atoms with van der Waals surface area (Å²) in [5.74, 6) is 0.664. The molecule has 1 amide bonds. The van der Waals surface area contributed by atoms with E-state index in [-0.39, 0.29) is 12.5 Å². The summed E-state index contributed by atoms with van der Waals surface area (Å²) < 4.78 is 5.55. The Balaban J connectivity index is 1.86. The summed E-state index contributed by atoms with van der Waals surface area (Å²) in [4.78, 5) is 20.2. The van der Waals surface area contributed by atoms with E-state index in [0.717, 1.165) is 6.42 Å². The molecule has 0 saturated carbocycles. The highest BCUT2D eigenvalue weighted by atomic mass is 16.5. The monoisotopic (exact) mass is 327 g/mol. The molecule has 2 aliphatic rings. The maximum atomic E-state index is 12.9. The van der Waals surface area contributed by atoms with E-state index < -0.39 is 0 Å². The molecule has 3 rings (SSSR count). The minimum absolute atomic E-state index is 0.0937. The smallest absolute Gasteiger partial charge is 0.253 e. The fourth-order valence-corrected chi connectivity index (χ4v) is 3.42. The second-order valence-corrected chi connectivity index (χ2v) is 6.18. The average molecular weight is 327 g/mol. The molecule has 2 unspecified atom stereocenters. The number of nitrogens with zero attached hydrogens (tertiary/aromatic N) is 7. The number of hydrogen-bond donors (Lipinski definition) is 0. The van der Waals surface area contributed by atoms with E-state index in [2.05, 4.69) is 20.1 Å². The van der Waals surface area contributed by atoms with Crippen LogP contribution in [-0.2, 0) is 11.3 Å². The molecule has 2 bridgehead atoms. The number of piperidine rings is 1. The van der Waals surface area contributed by atoms with Crippen molar-refractivity contribution in [2.75, 3.05) is 26.3 Å². The van der Waals surface area contributed by atoms with Gasteiger partial charge in [-0.25, -0.2) is 0 Å². The SMILES string of the molecule is [N-]=[N+]=NCc1cc(N=[N+]=[N-])cc(C(=O)N2CC3COCC(C3)C2)c1. The highest BCUT2D eigenvalue weighted by Gasteiger charge is 2.33. The zero-order valence-corrected chi connectivity index (χ0v) is 13.1. The molecule has 2 fully saturated rings. The van der Waals surface area contributed by atoms with E-state index in [1.165, 1.54) is 0 Å². The van der Waals surface area contributed by atoms with Crippen LogP contribution in [-0.4, -0.2) is 37.1 Å². The topological polar surface area (TPSA) is 127 Å². The molecule has 2 heterocycles. The van der Waals surface area contributed by atoms with E-state index in [0.29, 0.717) is 55.0 Å². The number of azide groups is 2. The molecule has 0 N–H and O–H groups in total. The van der Waals surface area contributed by atoms with Crippen LogP contribution in [0.15, 0.2) is 28.4 Å². The number of fused-ring (bicyclic) bond motifs is 2. The van der Waals surface area contributed by atoms with Crippen molar-refractivity contribution >= 4 is 11.6 Å². The van der Waals surface area contributed by atoms with Crippen molar-refractivity contribution in [1.29, 1.82) is 0 Å². The van der Waals surface area contributed by atoms with Gasteiger partial charge >= 0.3 is 0 Å². The lowest BCUT2D eigenvalue weighted by Gasteiger charge is -2.41. The molecule has 0 aromatic heterocycles. The summed E-state index contributed by atoms with van der Waals surface area (Å²) in [5.41, 5.74) is 18.5. The molecule has 1 aromatic rings. The predicted octanol–water partition coefficient (Wildman–Crippen LogP) is 3.55. The highest BCUT2D eigenvalue weighted by Crippen LogP contribution is 2.29. The van der Waals surface area contributed by atoms with E-state index in [1.807, 2.05) is 4.90 Å². The summed E-state index contributed by atoms with van der Waals surface area (Å²) in [7, 11) is 0. The molecular formula is C15H17N7O2. The van der Waals surface area contributed by atoms with Crippen molar-refractivity contribution < 1.29 is 9.53 Å². The standard InChI is InChI=1S/C15H17N7O2/c16-20-18-5-10-2-13(4-14(3-10)19-21-17)15(23)22-6-11-1-12(7-22)9-24-8-11/h2-4,11-12H,1,5-9H2. The second-order valence-electron chi connectivity index (χ2n) is 6.18. The van der Waals surface area contributed by atoms with Gasteiger partial charge in [0, 0.05) is 46.0 Å². The van der Waals surface area contributed by atoms with Crippen LogP contribution in [0.3, 0.4) is 0 Å². The molecule has 2 aliphatic heterocycles. The normalized spacial score (nSPS) is 22.2. The van der Waals surface area contributed by atoms with Crippen molar-refractivity contribution in [3.63, 3.8) is 0 Å². The molecule has 0 aliphatic carbocycles. The number of benzene rings is 1. The van der Waals surface area contributed by atoms with Gasteiger partial charge in [0.15, 0.2) is 0 Å². The number of hydrogen-bond acceptors (Lipinski definition) is 4. The van der Waals surface area contributed by atoms with Gasteiger partial charge in [-0.05, 0) is 41.2 Å². The first-order valence-corrected chi connectivity index (χ1v) is 7.76. The Bertz CT molecular complexity index is 725. The first kappa shape index (κ1) is 16.1. The van der Waals surface area contributed by atoms with Crippen molar-refractivity contribution in [3.8, 4) is 0 Å². The van der Waals surface area contributed by atoms with Crippen LogP contribution in [0.4, 0.5) is 5.69 Å². The van der Waals surface area contributed by atoms with Crippen LogP contribution >= 0.6 is 0 Å². The van der Waals surface area contributed by atoms with Crippen molar-refractivity contribution in [3.05, 3.63) is 50.2 Å². The van der Waals surface area contributed by atoms with Crippen molar-refractivity contribution in [1.82, 2.24) is 4.90 Å². The third kappa shape index (κ3) is 3.60. The van der Waals surface area contributed by atoms with E-state index in [4.69, 9.17) is 15.8 Å². The second kappa shape index (κ2) is 7.23. The zero-order chi connectivity index (χ0) is 16.9. The number of carbonyl (C=O) groups is 1. The van der Waals surface area contributed by atoms with Gasteiger partial charge in [0.1, 0.15) is 0 Å². The summed E-state index contributed by atoms with van der Waals surface area (Å²) in [6, 6.07) is 4.88. The van der Waals surface area contributed by atoms with Crippen molar-refractivity contribution in [2.24, 2.45) is 22.1 Å². The Morgan fingerprint density at radius 3 is 2.62 bits per heavy atom. The van der Waals surface area contributed by atoms with Crippen LogP contribution in [0.1, 0.15) is 22.3 Å². The molecular weight excluding hydrogens is 310 g/mol. The van der Waals surface area contributed by atoms with E-state index >= 15 is 0 Å². The molecule has 2 saturated heterocycles. The fourth-order valence-electron chi connectivity index (χ4n) is 3.42. The lowest BCUT2D eigenvalue weighted by atomic mass is 9.88. The van der Waals surface area contributed by atoms with Crippen LogP contribution in [0.25, 0.3) is 20.9 Å². The lowest BCUT2D eigenvalue weighted by molar-refractivity contribution is -0.0338. The molecule has 9 heteroatoms. The Kier molecular flexibility index (Phi) is 4.86. The first-order chi connectivity index (χ1) is 11.7. The molecule has 24 heavy (non-hydrogen) atoms. The number of likely N-dealkylation sites (tertiary alicyclic amines) is 1. The summed E-state index contributed by atoms with van der Waals surface area (Å²) in [5, 5.41) is 7.08. The number of ether oxygens (including phenoxy) is 1. The minimum atomic E-state index is -0.0937. The Labute approximate surface area is 138 Å². The summed E-state index contributed by atoms with van der Waals surface area (Å²) in [6.45, 7) is 2.84. The predicted molar refractivity (Wildman–Crippen MR) is 86.4 cm³/mol. The van der Waals surface area contributed by atoms with E-state index in [9.17, 15) is 4.79 Å². The van der Waals surface area contributed by atoms with Gasteiger partial charge < -0.3 is 9.64 Å². The van der Waals surface area contributed by atoms with Crippen molar-refractivity contribution in [2.45, 2.75) is 13.0 Å². The maximum absolute atomic E-state index is 12.9. The van der Waals surface area contributed by atoms with Gasteiger partial charge in [-0.1, -0.05) is 10.2 Å². The van der Waals surface area contributed by atoms with Crippen LogP contribution in [0, 0.1) is 11.8 Å². The quantitative estimate of drug-likeness (QED) is 0.476. The van der Waals surface area contributed by atoms with Gasteiger partial charge in [0.25, 0.3) is 5.91 Å². The summed E-state index contributed by atoms with van der Waals surface area (Å²) >= 11 is 0.